The normalized spacial score (nSPS) is 17.4. The lowest BCUT2D eigenvalue weighted by Crippen LogP contribution is -2.39. The average molecular weight is 403 g/mol. The fourth-order valence-corrected chi connectivity index (χ4v) is 3.48. The molecule has 3 heterocycles. The van der Waals surface area contributed by atoms with Crippen molar-refractivity contribution in [2.75, 3.05) is 31.7 Å². The van der Waals surface area contributed by atoms with Gasteiger partial charge in [0.25, 0.3) is 5.92 Å². The summed E-state index contributed by atoms with van der Waals surface area (Å²) >= 11 is 0. The number of hydrogen-bond donors (Lipinski definition) is 1. The fraction of sp³-hybridized carbons (Fsp3) is 0.450. The molecule has 7 nitrogen and oxygen atoms in total. The molecule has 1 N–H and O–H groups in total. The van der Waals surface area contributed by atoms with Crippen LogP contribution in [0, 0.1) is 0 Å². The van der Waals surface area contributed by atoms with Crippen molar-refractivity contribution < 1.29 is 18.3 Å². The number of methoxy groups -OCH3 is 1. The Bertz CT molecular complexity index is 984. The first-order valence-corrected chi connectivity index (χ1v) is 9.54. The lowest BCUT2D eigenvalue weighted by atomic mass is 10.1. The molecule has 1 fully saturated rings. The molecule has 0 radical (unpaired) electrons. The average Bonchev–Trinajstić information content (AvgIpc) is 3.11. The highest BCUT2D eigenvalue weighted by atomic mass is 19.3. The molecule has 0 bridgehead atoms. The van der Waals surface area contributed by atoms with E-state index in [-0.39, 0.29) is 32.0 Å². The topological polar surface area (TPSA) is 76.2 Å². The van der Waals surface area contributed by atoms with Crippen LogP contribution in [0.15, 0.2) is 30.6 Å². The first-order valence-electron chi connectivity index (χ1n) is 9.54. The second-order valence-corrected chi connectivity index (χ2v) is 7.27. The maximum absolute atomic E-state index is 13.5. The van der Waals surface area contributed by atoms with Gasteiger partial charge < -0.3 is 14.4 Å². The van der Waals surface area contributed by atoms with Crippen LogP contribution in [0.5, 0.6) is 5.75 Å². The van der Waals surface area contributed by atoms with Gasteiger partial charge in [-0.3, -0.25) is 5.10 Å². The number of anilines is 1. The van der Waals surface area contributed by atoms with E-state index in [1.165, 1.54) is 6.33 Å². The number of halogens is 2. The van der Waals surface area contributed by atoms with Crippen LogP contribution < -0.4 is 9.64 Å². The van der Waals surface area contributed by atoms with Crippen molar-refractivity contribution in [1.82, 2.24) is 20.2 Å². The number of aromatic amines is 1. The van der Waals surface area contributed by atoms with E-state index in [1.54, 1.807) is 13.2 Å². The van der Waals surface area contributed by atoms with E-state index in [0.29, 0.717) is 29.6 Å². The molecule has 1 aromatic carbocycles. The van der Waals surface area contributed by atoms with Gasteiger partial charge in [0.1, 0.15) is 29.7 Å². The van der Waals surface area contributed by atoms with Crippen LogP contribution in [0.25, 0.3) is 22.3 Å². The largest absolute Gasteiger partial charge is 0.488 e. The molecule has 0 spiro atoms. The van der Waals surface area contributed by atoms with Gasteiger partial charge in [-0.25, -0.2) is 18.7 Å². The second kappa shape index (κ2) is 7.90. The van der Waals surface area contributed by atoms with Crippen LogP contribution in [0.1, 0.15) is 19.8 Å². The third kappa shape index (κ3) is 4.29. The van der Waals surface area contributed by atoms with Gasteiger partial charge in [0.15, 0.2) is 0 Å². The summed E-state index contributed by atoms with van der Waals surface area (Å²) < 4.78 is 37.9. The molecule has 1 atom stereocenters. The third-order valence-corrected chi connectivity index (χ3v) is 4.99. The van der Waals surface area contributed by atoms with E-state index in [9.17, 15) is 8.78 Å². The summed E-state index contributed by atoms with van der Waals surface area (Å²) in [6, 6.07) is 7.47. The van der Waals surface area contributed by atoms with Crippen molar-refractivity contribution in [1.29, 1.82) is 0 Å². The molecule has 1 aliphatic heterocycles. The van der Waals surface area contributed by atoms with Gasteiger partial charge in [-0.2, -0.15) is 5.10 Å². The predicted molar refractivity (Wildman–Crippen MR) is 105 cm³/mol. The monoisotopic (exact) mass is 403 g/mol. The highest BCUT2D eigenvalue weighted by molar-refractivity contribution is 5.93. The van der Waals surface area contributed by atoms with Crippen LogP contribution in [-0.2, 0) is 4.74 Å². The van der Waals surface area contributed by atoms with Crippen molar-refractivity contribution in [3.63, 3.8) is 0 Å². The number of ether oxygens (including phenoxy) is 2. The van der Waals surface area contributed by atoms with Crippen LogP contribution in [0.2, 0.25) is 0 Å². The number of nitrogens with one attached hydrogen (secondary N) is 1. The summed E-state index contributed by atoms with van der Waals surface area (Å²) in [7, 11) is 1.63. The van der Waals surface area contributed by atoms with Gasteiger partial charge in [-0.1, -0.05) is 0 Å². The van der Waals surface area contributed by atoms with Crippen LogP contribution in [0.3, 0.4) is 0 Å². The minimum atomic E-state index is -2.60. The van der Waals surface area contributed by atoms with E-state index in [1.807, 2.05) is 30.0 Å². The van der Waals surface area contributed by atoms with Gasteiger partial charge in [0.05, 0.1) is 17.8 Å². The molecule has 9 heteroatoms. The molecular weight excluding hydrogens is 380 g/mol. The molecule has 1 aliphatic rings. The molecule has 0 aliphatic carbocycles. The number of fused-ring (bicyclic) bond motifs is 1. The number of aromatic nitrogens is 4. The number of H-pyrrole nitrogens is 1. The number of rotatable bonds is 6. The smallest absolute Gasteiger partial charge is 0.251 e. The van der Waals surface area contributed by atoms with Crippen molar-refractivity contribution in [2.24, 2.45) is 0 Å². The Hall–Kier alpha value is -2.81. The summed E-state index contributed by atoms with van der Waals surface area (Å²) in [5.74, 6) is -1.26. The summed E-state index contributed by atoms with van der Waals surface area (Å²) in [6.45, 7) is 2.95. The summed E-state index contributed by atoms with van der Waals surface area (Å²) in [4.78, 5) is 10.5. The van der Waals surface area contributed by atoms with Crippen molar-refractivity contribution in [2.45, 2.75) is 31.8 Å². The van der Waals surface area contributed by atoms with Gasteiger partial charge in [-0.15, -0.1) is 0 Å². The zero-order chi connectivity index (χ0) is 20.4. The molecule has 1 saturated heterocycles. The highest BCUT2D eigenvalue weighted by Gasteiger charge is 2.34. The number of hydrogen-bond acceptors (Lipinski definition) is 6. The summed E-state index contributed by atoms with van der Waals surface area (Å²) in [5.41, 5.74) is 2.14. The van der Waals surface area contributed by atoms with E-state index in [0.717, 1.165) is 10.9 Å². The summed E-state index contributed by atoms with van der Waals surface area (Å²) in [5, 5.41) is 8.26. The molecule has 2 aromatic heterocycles. The number of nitrogens with zero attached hydrogens (tertiary/aromatic N) is 4. The molecular formula is C20H23F2N5O2. The summed E-state index contributed by atoms with van der Waals surface area (Å²) in [6.07, 6.45) is 1.02. The van der Waals surface area contributed by atoms with Crippen molar-refractivity contribution in [3.8, 4) is 17.1 Å². The lowest BCUT2D eigenvalue weighted by Gasteiger charge is -2.32. The van der Waals surface area contributed by atoms with Gasteiger partial charge in [0, 0.05) is 44.5 Å². The Labute approximate surface area is 167 Å². The first-order chi connectivity index (χ1) is 13.9. The van der Waals surface area contributed by atoms with Crippen LogP contribution in [0.4, 0.5) is 14.6 Å². The number of alkyl halides is 2. The van der Waals surface area contributed by atoms with Gasteiger partial charge in [0.2, 0.25) is 0 Å². The van der Waals surface area contributed by atoms with Gasteiger partial charge in [-0.05, 0) is 25.1 Å². The number of piperidine rings is 1. The highest BCUT2D eigenvalue weighted by Crippen LogP contribution is 2.32. The molecule has 154 valence electrons. The SMILES string of the molecule is COCC(C)Oc1ccc2[nH]nc(-c3cc(N4CCC(F)(F)CC4)ncn3)c2c1. The zero-order valence-corrected chi connectivity index (χ0v) is 16.4. The van der Waals surface area contributed by atoms with Crippen molar-refractivity contribution in [3.05, 3.63) is 30.6 Å². The predicted octanol–water partition coefficient (Wildman–Crippen LogP) is 3.67. The standard InChI is InChI=1S/C20H23F2N5O2/c1-13(11-28-2)29-14-3-4-16-15(9-14)19(26-25-16)17-10-18(24-12-23-17)27-7-5-20(21,22)6-8-27/h3-4,9-10,12-13H,5-8,11H2,1-2H3,(H,25,26). The van der Waals surface area contributed by atoms with Crippen LogP contribution in [-0.4, -0.2) is 59.0 Å². The molecule has 0 amide bonds. The first kappa shape index (κ1) is 19.5. The van der Waals surface area contributed by atoms with E-state index >= 15 is 0 Å². The molecule has 1 unspecified atom stereocenters. The third-order valence-electron chi connectivity index (χ3n) is 4.99. The Kier molecular flexibility index (Phi) is 5.31. The second-order valence-electron chi connectivity index (χ2n) is 7.27. The zero-order valence-electron chi connectivity index (χ0n) is 16.4. The van der Waals surface area contributed by atoms with Crippen LogP contribution >= 0.6 is 0 Å². The van der Waals surface area contributed by atoms with E-state index < -0.39 is 5.92 Å². The van der Waals surface area contributed by atoms with Crippen molar-refractivity contribution >= 4 is 16.7 Å². The molecule has 29 heavy (non-hydrogen) atoms. The molecule has 0 saturated carbocycles. The Balaban J connectivity index is 1.61. The maximum atomic E-state index is 13.5. The van der Waals surface area contributed by atoms with Gasteiger partial charge >= 0.3 is 0 Å². The quantitative estimate of drug-likeness (QED) is 0.677. The Morgan fingerprint density at radius 1 is 1.21 bits per heavy atom. The van der Waals surface area contributed by atoms with E-state index in [2.05, 4.69) is 20.2 Å². The Morgan fingerprint density at radius 3 is 2.76 bits per heavy atom. The van der Waals surface area contributed by atoms with E-state index in [4.69, 9.17) is 9.47 Å². The molecule has 4 rings (SSSR count). The number of benzene rings is 1. The minimum Gasteiger partial charge on any atom is -0.488 e. The fourth-order valence-electron chi connectivity index (χ4n) is 3.48. The Morgan fingerprint density at radius 2 is 2.00 bits per heavy atom. The lowest BCUT2D eigenvalue weighted by molar-refractivity contribution is -0.0221. The minimum absolute atomic E-state index is 0.0873. The molecule has 3 aromatic rings. The maximum Gasteiger partial charge on any atom is 0.251 e.